The van der Waals surface area contributed by atoms with Crippen molar-refractivity contribution in [3.05, 3.63) is 57.6 Å². The third-order valence-corrected chi connectivity index (χ3v) is 5.69. The fourth-order valence-corrected chi connectivity index (χ4v) is 4.07. The number of likely N-dealkylation sites (tertiary alicyclic amines) is 1. The Hall–Kier alpha value is -3.04. The standard InChI is InChI=1S/C23H24BrNO7/c1-4-32-15-7-5-6-13(10-15)20(26)18-19(25(8-9-30-2)23(29)22(18)28)14-11-16(24)21(27)17(12-14)31-3/h5-7,10-12,19,26-27H,4,8-9H2,1-3H3/b20-18+. The number of phenolic OH excluding ortho intramolecular Hbond substituents is 1. The molecule has 0 bridgehead atoms. The molecule has 1 atom stereocenters. The number of ketones is 1. The molecule has 1 amide bonds. The van der Waals surface area contributed by atoms with E-state index in [-0.39, 0.29) is 36.0 Å². The molecule has 170 valence electrons. The summed E-state index contributed by atoms with van der Waals surface area (Å²) in [5, 5.41) is 21.3. The largest absolute Gasteiger partial charge is 0.507 e. The average molecular weight is 506 g/mol. The van der Waals surface area contributed by atoms with E-state index in [4.69, 9.17) is 14.2 Å². The number of phenols is 1. The van der Waals surface area contributed by atoms with Crippen LogP contribution in [0.3, 0.4) is 0 Å². The van der Waals surface area contributed by atoms with Gasteiger partial charge in [-0.05, 0) is 52.7 Å². The van der Waals surface area contributed by atoms with Crippen LogP contribution in [0.2, 0.25) is 0 Å². The number of halogens is 1. The minimum Gasteiger partial charge on any atom is -0.507 e. The lowest BCUT2D eigenvalue weighted by atomic mass is 9.95. The van der Waals surface area contributed by atoms with Crippen LogP contribution in [0, 0.1) is 0 Å². The SMILES string of the molecule is CCOc1cccc(/C(O)=C2\C(=O)C(=O)N(CCOC)C2c2cc(Br)c(O)c(OC)c2)c1. The van der Waals surface area contributed by atoms with E-state index < -0.39 is 17.7 Å². The van der Waals surface area contributed by atoms with Crippen LogP contribution in [0.5, 0.6) is 17.2 Å². The van der Waals surface area contributed by atoms with Gasteiger partial charge >= 0.3 is 0 Å². The molecule has 0 aliphatic carbocycles. The number of rotatable bonds is 8. The van der Waals surface area contributed by atoms with Crippen molar-refractivity contribution in [3.63, 3.8) is 0 Å². The van der Waals surface area contributed by atoms with Crippen molar-refractivity contribution in [2.24, 2.45) is 0 Å². The van der Waals surface area contributed by atoms with Gasteiger partial charge in [-0.2, -0.15) is 0 Å². The monoisotopic (exact) mass is 505 g/mol. The number of amides is 1. The van der Waals surface area contributed by atoms with Crippen LogP contribution in [0.1, 0.15) is 24.1 Å². The van der Waals surface area contributed by atoms with Crippen molar-refractivity contribution < 1.29 is 34.0 Å². The highest BCUT2D eigenvalue weighted by molar-refractivity contribution is 9.10. The Balaban J connectivity index is 2.21. The molecular weight excluding hydrogens is 482 g/mol. The average Bonchev–Trinajstić information content (AvgIpc) is 3.04. The van der Waals surface area contributed by atoms with Crippen molar-refractivity contribution in [1.82, 2.24) is 4.90 Å². The van der Waals surface area contributed by atoms with E-state index in [0.29, 0.717) is 28.0 Å². The van der Waals surface area contributed by atoms with E-state index in [9.17, 15) is 19.8 Å². The minimum atomic E-state index is -0.910. The molecule has 0 radical (unpaired) electrons. The van der Waals surface area contributed by atoms with Crippen molar-refractivity contribution in [2.75, 3.05) is 34.0 Å². The predicted molar refractivity (Wildman–Crippen MR) is 121 cm³/mol. The van der Waals surface area contributed by atoms with Crippen molar-refractivity contribution in [1.29, 1.82) is 0 Å². The third kappa shape index (κ3) is 4.44. The molecule has 9 heteroatoms. The fraction of sp³-hybridized carbons (Fsp3) is 0.304. The number of aromatic hydroxyl groups is 1. The summed E-state index contributed by atoms with van der Waals surface area (Å²) in [6, 6.07) is 8.86. The summed E-state index contributed by atoms with van der Waals surface area (Å²) in [5.41, 5.74) is 0.749. The molecule has 0 spiro atoms. The smallest absolute Gasteiger partial charge is 0.295 e. The predicted octanol–water partition coefficient (Wildman–Crippen LogP) is 3.63. The molecule has 2 aromatic carbocycles. The van der Waals surface area contributed by atoms with Gasteiger partial charge in [-0.3, -0.25) is 9.59 Å². The summed E-state index contributed by atoms with van der Waals surface area (Å²) >= 11 is 3.28. The van der Waals surface area contributed by atoms with E-state index in [1.165, 1.54) is 25.2 Å². The number of aliphatic hydroxyl groups is 1. The molecule has 2 N–H and O–H groups in total. The molecule has 1 aliphatic rings. The van der Waals surface area contributed by atoms with Gasteiger partial charge in [0.1, 0.15) is 11.5 Å². The molecule has 1 unspecified atom stereocenters. The topological polar surface area (TPSA) is 106 Å². The highest BCUT2D eigenvalue weighted by Gasteiger charge is 2.46. The normalized spacial score (nSPS) is 17.6. The van der Waals surface area contributed by atoms with Crippen molar-refractivity contribution in [2.45, 2.75) is 13.0 Å². The number of carbonyl (C=O) groups excluding carboxylic acids is 2. The maximum atomic E-state index is 13.0. The molecule has 1 saturated heterocycles. The second kappa shape index (κ2) is 10.1. The Morgan fingerprint density at radius 3 is 2.59 bits per heavy atom. The van der Waals surface area contributed by atoms with Crippen LogP contribution in [0.4, 0.5) is 0 Å². The van der Waals surface area contributed by atoms with E-state index in [2.05, 4.69) is 15.9 Å². The first-order valence-electron chi connectivity index (χ1n) is 9.91. The number of aliphatic hydroxyl groups excluding tert-OH is 1. The Bertz CT molecular complexity index is 1070. The van der Waals surface area contributed by atoms with E-state index in [1.54, 1.807) is 30.3 Å². The number of carbonyl (C=O) groups is 2. The van der Waals surface area contributed by atoms with Crippen LogP contribution in [0.15, 0.2) is 46.4 Å². The molecule has 0 aromatic heterocycles. The Labute approximate surface area is 194 Å². The molecule has 0 saturated carbocycles. The molecule has 1 fully saturated rings. The zero-order valence-corrected chi connectivity index (χ0v) is 19.5. The molecule has 8 nitrogen and oxygen atoms in total. The number of methoxy groups -OCH3 is 2. The molecular formula is C23H24BrNO7. The number of Topliss-reactive ketones (excluding diaryl/α,β-unsaturated/α-hetero) is 1. The van der Waals surface area contributed by atoms with Gasteiger partial charge in [0.2, 0.25) is 0 Å². The second-order valence-electron chi connectivity index (χ2n) is 7.00. The van der Waals surface area contributed by atoms with Crippen molar-refractivity contribution in [3.8, 4) is 17.2 Å². The minimum absolute atomic E-state index is 0.0700. The first kappa shape index (κ1) is 23.6. The van der Waals surface area contributed by atoms with Crippen LogP contribution in [-0.4, -0.2) is 60.8 Å². The Kier molecular flexibility index (Phi) is 7.42. The van der Waals surface area contributed by atoms with Crippen LogP contribution in [0.25, 0.3) is 5.76 Å². The van der Waals surface area contributed by atoms with Gasteiger partial charge in [0.25, 0.3) is 11.7 Å². The Morgan fingerprint density at radius 2 is 1.94 bits per heavy atom. The highest BCUT2D eigenvalue weighted by Crippen LogP contribution is 2.44. The highest BCUT2D eigenvalue weighted by atomic mass is 79.9. The van der Waals surface area contributed by atoms with Gasteiger partial charge in [-0.1, -0.05) is 12.1 Å². The van der Waals surface area contributed by atoms with Crippen molar-refractivity contribution >= 4 is 33.4 Å². The lowest BCUT2D eigenvalue weighted by Gasteiger charge is -2.25. The lowest BCUT2D eigenvalue weighted by molar-refractivity contribution is -0.140. The first-order valence-corrected chi connectivity index (χ1v) is 10.7. The van der Waals surface area contributed by atoms with Crippen LogP contribution < -0.4 is 9.47 Å². The number of ether oxygens (including phenoxy) is 3. The van der Waals surface area contributed by atoms with Crippen LogP contribution in [-0.2, 0) is 14.3 Å². The lowest BCUT2D eigenvalue weighted by Crippen LogP contribution is -2.32. The van der Waals surface area contributed by atoms with Gasteiger partial charge in [-0.25, -0.2) is 0 Å². The third-order valence-electron chi connectivity index (χ3n) is 5.08. The molecule has 1 aliphatic heterocycles. The van der Waals surface area contributed by atoms with Gasteiger partial charge in [-0.15, -0.1) is 0 Å². The number of benzene rings is 2. The zero-order valence-electron chi connectivity index (χ0n) is 17.9. The number of hydrogen-bond acceptors (Lipinski definition) is 7. The summed E-state index contributed by atoms with van der Waals surface area (Å²) in [4.78, 5) is 27.2. The molecule has 1 heterocycles. The van der Waals surface area contributed by atoms with Crippen LogP contribution >= 0.6 is 15.9 Å². The summed E-state index contributed by atoms with van der Waals surface area (Å²) in [6.07, 6.45) is 0. The summed E-state index contributed by atoms with van der Waals surface area (Å²) in [5.74, 6) is -1.32. The second-order valence-corrected chi connectivity index (χ2v) is 7.85. The van der Waals surface area contributed by atoms with E-state index in [0.717, 1.165) is 0 Å². The molecule has 3 rings (SSSR count). The summed E-state index contributed by atoms with van der Waals surface area (Å²) in [6.45, 7) is 2.60. The number of nitrogens with zero attached hydrogens (tertiary/aromatic N) is 1. The molecule has 32 heavy (non-hydrogen) atoms. The molecule has 2 aromatic rings. The summed E-state index contributed by atoms with van der Waals surface area (Å²) < 4.78 is 16.1. The maximum absolute atomic E-state index is 13.0. The quantitative estimate of drug-likeness (QED) is 0.320. The van der Waals surface area contributed by atoms with Gasteiger partial charge in [0, 0.05) is 19.2 Å². The fourth-order valence-electron chi connectivity index (χ4n) is 3.61. The number of hydrogen-bond donors (Lipinski definition) is 2. The van der Waals surface area contributed by atoms with E-state index in [1.807, 2.05) is 6.92 Å². The van der Waals surface area contributed by atoms with E-state index >= 15 is 0 Å². The zero-order chi connectivity index (χ0) is 23.4. The Morgan fingerprint density at radius 1 is 1.19 bits per heavy atom. The van der Waals surface area contributed by atoms with Gasteiger partial charge < -0.3 is 29.3 Å². The summed E-state index contributed by atoms with van der Waals surface area (Å²) in [7, 11) is 2.89. The van der Waals surface area contributed by atoms with Gasteiger partial charge in [0.15, 0.2) is 11.5 Å². The maximum Gasteiger partial charge on any atom is 0.295 e. The van der Waals surface area contributed by atoms with Gasteiger partial charge in [0.05, 0.1) is 36.4 Å². The first-order chi connectivity index (χ1) is 15.3.